The molecule has 0 aliphatic rings. The van der Waals surface area contributed by atoms with Gasteiger partial charge in [0.15, 0.2) is 0 Å². The summed E-state index contributed by atoms with van der Waals surface area (Å²) >= 11 is 1.46. The van der Waals surface area contributed by atoms with E-state index < -0.39 is 0 Å². The van der Waals surface area contributed by atoms with Crippen LogP contribution < -0.4 is 4.74 Å². The van der Waals surface area contributed by atoms with Gasteiger partial charge in [-0.05, 0) is 29.8 Å². The molecule has 0 atom stereocenters. The zero-order valence-electron chi connectivity index (χ0n) is 12.0. The van der Waals surface area contributed by atoms with E-state index in [0.717, 1.165) is 20.8 Å². The zero-order valence-corrected chi connectivity index (χ0v) is 12.8. The van der Waals surface area contributed by atoms with Gasteiger partial charge in [0.1, 0.15) is 16.6 Å². The van der Waals surface area contributed by atoms with E-state index in [4.69, 9.17) is 4.74 Å². The number of ether oxygens (including phenoxy) is 1. The van der Waals surface area contributed by atoms with E-state index >= 15 is 0 Å². The highest BCUT2D eigenvalue weighted by Crippen LogP contribution is 2.32. The molecule has 0 bridgehead atoms. The van der Waals surface area contributed by atoms with Gasteiger partial charge in [0.05, 0.1) is 23.9 Å². The molecular weight excluding hydrogens is 301 g/mol. The van der Waals surface area contributed by atoms with Gasteiger partial charge in [-0.2, -0.15) is 0 Å². The second kappa shape index (κ2) is 5.87. The van der Waals surface area contributed by atoms with Crippen molar-refractivity contribution in [1.82, 2.24) is 4.98 Å². The summed E-state index contributed by atoms with van der Waals surface area (Å²) in [5, 5.41) is 10.1. The van der Waals surface area contributed by atoms with E-state index in [2.05, 4.69) is 11.6 Å². The Morgan fingerprint density at radius 2 is 2.14 bits per heavy atom. The Bertz CT molecular complexity index is 857. The van der Waals surface area contributed by atoms with E-state index in [0.29, 0.717) is 16.8 Å². The zero-order chi connectivity index (χ0) is 15.7. The van der Waals surface area contributed by atoms with Crippen molar-refractivity contribution in [3.63, 3.8) is 0 Å². The molecule has 1 N–H and O–H groups in total. The molecule has 2 aromatic carbocycles. The number of aliphatic hydroxyl groups is 1. The third-order valence-corrected chi connectivity index (χ3v) is 4.50. The molecule has 0 aliphatic heterocycles. The molecule has 22 heavy (non-hydrogen) atoms. The molecule has 1 heterocycles. The monoisotopic (exact) mass is 315 g/mol. The summed E-state index contributed by atoms with van der Waals surface area (Å²) in [5.41, 5.74) is 2.90. The van der Waals surface area contributed by atoms with Gasteiger partial charge >= 0.3 is 0 Å². The molecule has 0 saturated carbocycles. The summed E-state index contributed by atoms with van der Waals surface area (Å²) in [5.74, 6) is 0.326. The van der Waals surface area contributed by atoms with Crippen LogP contribution >= 0.6 is 11.3 Å². The van der Waals surface area contributed by atoms with Crippen LogP contribution in [0.2, 0.25) is 0 Å². The fourth-order valence-electron chi connectivity index (χ4n) is 2.24. The summed E-state index contributed by atoms with van der Waals surface area (Å²) in [6.45, 7) is 3.96. The highest BCUT2D eigenvalue weighted by atomic mass is 32.1. The molecule has 0 spiro atoms. The van der Waals surface area contributed by atoms with Gasteiger partial charge in [-0.3, -0.25) is 0 Å². The van der Waals surface area contributed by atoms with Gasteiger partial charge in [-0.25, -0.2) is 9.37 Å². The number of hydrogen-bond donors (Lipinski definition) is 1. The average molecular weight is 315 g/mol. The lowest BCUT2D eigenvalue weighted by Gasteiger charge is -2.09. The molecule has 0 saturated heterocycles. The molecule has 0 amide bonds. The Labute approximate surface area is 131 Å². The Morgan fingerprint density at radius 3 is 2.86 bits per heavy atom. The molecule has 1 aromatic heterocycles. The molecule has 3 nitrogen and oxygen atoms in total. The van der Waals surface area contributed by atoms with Crippen molar-refractivity contribution in [1.29, 1.82) is 0 Å². The lowest BCUT2D eigenvalue weighted by Crippen LogP contribution is -1.94. The maximum atomic E-state index is 13.3. The highest BCUT2D eigenvalue weighted by Gasteiger charge is 2.12. The van der Waals surface area contributed by atoms with Gasteiger partial charge < -0.3 is 9.84 Å². The van der Waals surface area contributed by atoms with Crippen molar-refractivity contribution in [2.75, 3.05) is 7.11 Å². The lowest BCUT2D eigenvalue weighted by molar-refractivity contribution is 0.274. The Balaban J connectivity index is 2.01. The van der Waals surface area contributed by atoms with Crippen molar-refractivity contribution in [3.05, 3.63) is 64.9 Å². The van der Waals surface area contributed by atoms with Crippen molar-refractivity contribution in [2.24, 2.45) is 0 Å². The first-order chi connectivity index (χ1) is 10.6. The lowest BCUT2D eigenvalue weighted by atomic mass is 10.0. The van der Waals surface area contributed by atoms with Gasteiger partial charge in [-0.1, -0.05) is 12.6 Å². The van der Waals surface area contributed by atoms with Crippen LogP contribution in [0.5, 0.6) is 5.75 Å². The Morgan fingerprint density at radius 1 is 1.32 bits per heavy atom. The van der Waals surface area contributed by atoms with Gasteiger partial charge in [-0.15, -0.1) is 11.3 Å². The van der Waals surface area contributed by atoms with E-state index in [1.165, 1.54) is 23.5 Å². The SMILES string of the molecule is C=C(c1ccc(OC)c(CO)c1)c1nc2cc(F)ccc2s1. The van der Waals surface area contributed by atoms with Crippen LogP contribution in [0, 0.1) is 5.82 Å². The number of aromatic nitrogens is 1. The minimum Gasteiger partial charge on any atom is -0.496 e. The van der Waals surface area contributed by atoms with Gasteiger partial charge in [0, 0.05) is 17.2 Å². The molecule has 0 fully saturated rings. The van der Waals surface area contributed by atoms with Crippen LogP contribution in [0.15, 0.2) is 43.0 Å². The second-order valence-electron chi connectivity index (χ2n) is 4.79. The summed E-state index contributed by atoms with van der Waals surface area (Å²) in [4.78, 5) is 4.43. The largest absolute Gasteiger partial charge is 0.496 e. The number of rotatable bonds is 4. The van der Waals surface area contributed by atoms with Crippen molar-refractivity contribution in [2.45, 2.75) is 6.61 Å². The predicted octanol–water partition coefficient (Wildman–Crippen LogP) is 4.00. The van der Waals surface area contributed by atoms with Crippen LogP contribution in [0.1, 0.15) is 16.1 Å². The first-order valence-corrected chi connectivity index (χ1v) is 7.47. The third kappa shape index (κ3) is 2.61. The average Bonchev–Trinajstić information content (AvgIpc) is 2.96. The smallest absolute Gasteiger partial charge is 0.125 e. The normalized spacial score (nSPS) is 10.9. The molecule has 5 heteroatoms. The van der Waals surface area contributed by atoms with Crippen LogP contribution in [-0.2, 0) is 6.61 Å². The molecule has 112 valence electrons. The third-order valence-electron chi connectivity index (χ3n) is 3.41. The number of benzene rings is 2. The number of hydrogen-bond acceptors (Lipinski definition) is 4. The Kier molecular flexibility index (Phi) is 3.92. The van der Waals surface area contributed by atoms with E-state index in [9.17, 15) is 9.50 Å². The van der Waals surface area contributed by atoms with E-state index in [-0.39, 0.29) is 12.4 Å². The topological polar surface area (TPSA) is 42.4 Å². The molecular formula is C17H14FNO2S. The molecule has 3 rings (SSSR count). The number of halogens is 1. The summed E-state index contributed by atoms with van der Waals surface area (Å²) in [7, 11) is 1.56. The maximum absolute atomic E-state index is 13.3. The minimum atomic E-state index is -0.304. The van der Waals surface area contributed by atoms with E-state index in [1.54, 1.807) is 19.2 Å². The quantitative estimate of drug-likeness (QED) is 0.791. The number of nitrogens with zero attached hydrogens (tertiary/aromatic N) is 1. The molecule has 0 aliphatic carbocycles. The fraction of sp³-hybridized carbons (Fsp3) is 0.118. The van der Waals surface area contributed by atoms with Crippen molar-refractivity contribution >= 4 is 27.1 Å². The van der Waals surface area contributed by atoms with Crippen LogP contribution in [0.4, 0.5) is 4.39 Å². The van der Waals surface area contributed by atoms with Crippen LogP contribution in [0.3, 0.4) is 0 Å². The highest BCUT2D eigenvalue weighted by molar-refractivity contribution is 7.19. The fourth-order valence-corrected chi connectivity index (χ4v) is 3.18. The number of aliphatic hydroxyl groups excluding tert-OH is 1. The minimum absolute atomic E-state index is 0.116. The summed E-state index contributed by atoms with van der Waals surface area (Å²) in [6, 6.07) is 10.0. The predicted molar refractivity (Wildman–Crippen MR) is 86.6 cm³/mol. The first-order valence-electron chi connectivity index (χ1n) is 6.66. The number of fused-ring (bicyclic) bond motifs is 1. The number of thiazole rings is 1. The van der Waals surface area contributed by atoms with Crippen molar-refractivity contribution < 1.29 is 14.2 Å². The molecule has 0 radical (unpaired) electrons. The summed E-state index contributed by atoms with van der Waals surface area (Å²) < 4.78 is 19.4. The number of methoxy groups -OCH3 is 1. The second-order valence-corrected chi connectivity index (χ2v) is 5.83. The summed E-state index contributed by atoms with van der Waals surface area (Å²) in [6.07, 6.45) is 0. The van der Waals surface area contributed by atoms with Crippen LogP contribution in [0.25, 0.3) is 15.8 Å². The van der Waals surface area contributed by atoms with E-state index in [1.807, 2.05) is 12.1 Å². The van der Waals surface area contributed by atoms with Gasteiger partial charge in [0.25, 0.3) is 0 Å². The van der Waals surface area contributed by atoms with Crippen LogP contribution in [-0.4, -0.2) is 17.2 Å². The molecule has 0 unspecified atom stereocenters. The first kappa shape index (κ1) is 14.7. The molecule has 3 aromatic rings. The van der Waals surface area contributed by atoms with Gasteiger partial charge in [0.2, 0.25) is 0 Å². The Hall–Kier alpha value is -2.24. The maximum Gasteiger partial charge on any atom is 0.125 e. The van der Waals surface area contributed by atoms with Crippen molar-refractivity contribution in [3.8, 4) is 5.75 Å². The standard InChI is InChI=1S/C17H14FNO2S/c1-10(11-3-5-15(21-2)12(7-11)9-20)17-19-14-8-13(18)4-6-16(14)22-17/h3-8,20H,1,9H2,2H3.